The van der Waals surface area contributed by atoms with Gasteiger partial charge in [-0.25, -0.2) is 0 Å². The lowest BCUT2D eigenvalue weighted by atomic mass is 9.87. The molecule has 0 aliphatic carbocycles. The number of rotatable bonds is 6. The lowest BCUT2D eigenvalue weighted by molar-refractivity contribution is -0.136. The Balaban J connectivity index is 1.88. The monoisotopic (exact) mass is 340 g/mol. The average molecular weight is 340 g/mol. The van der Waals surface area contributed by atoms with E-state index in [2.05, 4.69) is 37.9 Å². The maximum Gasteiger partial charge on any atom is 0.263 e. The largest absolute Gasteiger partial charge is 0.481 e. The molecule has 0 spiro atoms. The number of pyridine rings is 1. The van der Waals surface area contributed by atoms with Crippen LogP contribution in [0.5, 0.6) is 5.75 Å². The molecule has 4 nitrogen and oxygen atoms in total. The molecule has 4 heteroatoms. The van der Waals surface area contributed by atoms with Gasteiger partial charge in [0.1, 0.15) is 5.75 Å². The molecule has 0 saturated carbocycles. The summed E-state index contributed by atoms with van der Waals surface area (Å²) in [7, 11) is 1.80. The van der Waals surface area contributed by atoms with E-state index in [0.29, 0.717) is 12.3 Å². The Morgan fingerprint density at radius 1 is 1.16 bits per heavy atom. The Kier molecular flexibility index (Phi) is 6.18. The van der Waals surface area contributed by atoms with Gasteiger partial charge >= 0.3 is 0 Å². The first-order valence-electron chi connectivity index (χ1n) is 8.69. The number of aromatic nitrogens is 1. The number of likely N-dealkylation sites (N-methyl/N-ethyl adjacent to an activating group) is 1. The summed E-state index contributed by atoms with van der Waals surface area (Å²) in [5.74, 6) is 0.683. The van der Waals surface area contributed by atoms with Crippen LogP contribution in [0.25, 0.3) is 0 Å². The third-order valence-corrected chi connectivity index (χ3v) is 4.19. The van der Waals surface area contributed by atoms with Crippen LogP contribution in [0.15, 0.2) is 48.7 Å². The summed E-state index contributed by atoms with van der Waals surface area (Å²) < 4.78 is 5.81. The molecule has 1 heterocycles. The van der Waals surface area contributed by atoms with Crippen LogP contribution >= 0.6 is 0 Å². The number of carbonyl (C=O) groups is 1. The molecule has 2 rings (SSSR count). The minimum atomic E-state index is -0.519. The summed E-state index contributed by atoms with van der Waals surface area (Å²) in [5, 5.41) is 0. The van der Waals surface area contributed by atoms with Crippen molar-refractivity contribution in [2.45, 2.75) is 45.6 Å². The van der Waals surface area contributed by atoms with Gasteiger partial charge in [-0.15, -0.1) is 0 Å². The van der Waals surface area contributed by atoms with Gasteiger partial charge in [-0.2, -0.15) is 0 Å². The quantitative estimate of drug-likeness (QED) is 0.802. The van der Waals surface area contributed by atoms with Crippen LogP contribution in [0.4, 0.5) is 0 Å². The second kappa shape index (κ2) is 8.15. The van der Waals surface area contributed by atoms with E-state index in [4.69, 9.17) is 4.74 Å². The Bertz CT molecular complexity index is 675. The second-order valence-electron chi connectivity index (χ2n) is 7.37. The minimum absolute atomic E-state index is 0.0316. The molecule has 1 aromatic heterocycles. The number of benzene rings is 1. The van der Waals surface area contributed by atoms with Crippen molar-refractivity contribution in [3.63, 3.8) is 0 Å². The summed E-state index contributed by atoms with van der Waals surface area (Å²) in [6.45, 7) is 8.92. The number of carbonyl (C=O) groups excluding carboxylic acids is 1. The zero-order chi connectivity index (χ0) is 18.4. The summed E-state index contributed by atoms with van der Waals surface area (Å²) in [4.78, 5) is 18.5. The summed E-state index contributed by atoms with van der Waals surface area (Å²) in [5.41, 5.74) is 2.32. The third-order valence-electron chi connectivity index (χ3n) is 4.19. The van der Waals surface area contributed by atoms with E-state index in [1.807, 2.05) is 30.3 Å². The molecule has 0 aliphatic heterocycles. The van der Waals surface area contributed by atoms with Crippen LogP contribution in [-0.4, -0.2) is 35.5 Å². The maximum absolute atomic E-state index is 12.5. The zero-order valence-electron chi connectivity index (χ0n) is 15.8. The van der Waals surface area contributed by atoms with Gasteiger partial charge in [0.2, 0.25) is 0 Å². The fourth-order valence-corrected chi connectivity index (χ4v) is 2.54. The number of ether oxygens (including phenoxy) is 1. The highest BCUT2D eigenvalue weighted by Crippen LogP contribution is 2.24. The molecule has 1 aromatic carbocycles. The third kappa shape index (κ3) is 5.59. The normalized spacial score (nSPS) is 12.5. The van der Waals surface area contributed by atoms with E-state index >= 15 is 0 Å². The average Bonchev–Trinajstić information content (AvgIpc) is 2.59. The predicted molar refractivity (Wildman–Crippen MR) is 101 cm³/mol. The Morgan fingerprint density at radius 3 is 2.40 bits per heavy atom. The first kappa shape index (κ1) is 19.0. The van der Waals surface area contributed by atoms with Gasteiger partial charge in [0, 0.05) is 31.9 Å². The van der Waals surface area contributed by atoms with Crippen molar-refractivity contribution in [3.8, 4) is 5.75 Å². The predicted octanol–water partition coefficient (Wildman–Crippen LogP) is 3.85. The molecule has 134 valence electrons. The molecule has 1 amide bonds. The smallest absolute Gasteiger partial charge is 0.263 e. The number of amides is 1. The molecule has 1 atom stereocenters. The van der Waals surface area contributed by atoms with Gasteiger partial charge in [-0.05, 0) is 42.2 Å². The number of hydrogen-bond donors (Lipinski definition) is 0. The lowest BCUT2D eigenvalue weighted by Gasteiger charge is -2.23. The van der Waals surface area contributed by atoms with Crippen molar-refractivity contribution in [2.75, 3.05) is 13.6 Å². The van der Waals surface area contributed by atoms with Crippen molar-refractivity contribution in [3.05, 3.63) is 59.9 Å². The zero-order valence-corrected chi connectivity index (χ0v) is 15.8. The fourth-order valence-electron chi connectivity index (χ4n) is 2.54. The Morgan fingerprint density at radius 2 is 1.84 bits per heavy atom. The Labute approximate surface area is 150 Å². The van der Waals surface area contributed by atoms with E-state index in [-0.39, 0.29) is 11.3 Å². The number of hydrogen-bond acceptors (Lipinski definition) is 3. The van der Waals surface area contributed by atoms with Gasteiger partial charge in [-0.1, -0.05) is 39.0 Å². The molecule has 0 radical (unpaired) electrons. The van der Waals surface area contributed by atoms with Crippen LogP contribution < -0.4 is 4.74 Å². The van der Waals surface area contributed by atoms with E-state index in [0.717, 1.165) is 12.1 Å². The first-order valence-corrected chi connectivity index (χ1v) is 8.69. The highest BCUT2D eigenvalue weighted by atomic mass is 16.5. The molecule has 0 N–H and O–H groups in total. The van der Waals surface area contributed by atoms with Crippen LogP contribution in [0.3, 0.4) is 0 Å². The molecule has 2 aromatic rings. The van der Waals surface area contributed by atoms with Crippen molar-refractivity contribution in [2.24, 2.45) is 0 Å². The molecule has 25 heavy (non-hydrogen) atoms. The van der Waals surface area contributed by atoms with Gasteiger partial charge in [0.15, 0.2) is 6.10 Å². The van der Waals surface area contributed by atoms with E-state index < -0.39 is 6.10 Å². The second-order valence-corrected chi connectivity index (χ2v) is 7.37. The molecular formula is C21H28N2O2. The van der Waals surface area contributed by atoms with E-state index in [1.165, 1.54) is 5.56 Å². The van der Waals surface area contributed by atoms with Crippen LogP contribution in [0, 0.1) is 0 Å². The highest BCUT2D eigenvalue weighted by Gasteiger charge is 2.20. The highest BCUT2D eigenvalue weighted by molar-refractivity contribution is 5.80. The molecular weight excluding hydrogens is 312 g/mol. The van der Waals surface area contributed by atoms with Crippen molar-refractivity contribution < 1.29 is 9.53 Å². The van der Waals surface area contributed by atoms with E-state index in [1.54, 1.807) is 25.1 Å². The van der Waals surface area contributed by atoms with Crippen molar-refractivity contribution in [1.82, 2.24) is 9.88 Å². The van der Waals surface area contributed by atoms with Gasteiger partial charge in [-0.3, -0.25) is 9.78 Å². The summed E-state index contributed by atoms with van der Waals surface area (Å²) in [6, 6.07) is 13.8. The van der Waals surface area contributed by atoms with Crippen molar-refractivity contribution >= 4 is 5.91 Å². The molecule has 0 saturated heterocycles. The summed E-state index contributed by atoms with van der Waals surface area (Å²) >= 11 is 0. The van der Waals surface area contributed by atoms with Crippen molar-refractivity contribution in [1.29, 1.82) is 0 Å². The lowest BCUT2D eigenvalue weighted by Crippen LogP contribution is -2.39. The topological polar surface area (TPSA) is 42.4 Å². The number of nitrogens with zero attached hydrogens (tertiary/aromatic N) is 2. The summed E-state index contributed by atoms with van der Waals surface area (Å²) in [6.07, 6.45) is 1.98. The van der Waals surface area contributed by atoms with Gasteiger partial charge in [0.25, 0.3) is 5.91 Å². The molecule has 0 fully saturated rings. The van der Waals surface area contributed by atoms with Crippen LogP contribution in [0.2, 0.25) is 0 Å². The van der Waals surface area contributed by atoms with Crippen LogP contribution in [0.1, 0.15) is 39.0 Å². The first-order chi connectivity index (χ1) is 11.8. The van der Waals surface area contributed by atoms with Gasteiger partial charge in [0.05, 0.1) is 0 Å². The maximum atomic E-state index is 12.5. The molecule has 0 bridgehead atoms. The molecule has 0 aliphatic rings. The minimum Gasteiger partial charge on any atom is -0.481 e. The van der Waals surface area contributed by atoms with Gasteiger partial charge < -0.3 is 9.64 Å². The Hall–Kier alpha value is -2.36. The van der Waals surface area contributed by atoms with Crippen LogP contribution in [-0.2, 0) is 16.6 Å². The van der Waals surface area contributed by atoms with E-state index in [9.17, 15) is 4.79 Å². The standard InChI is InChI=1S/C21H28N2O2/c1-16(25-19-11-9-17(10-12-19)21(2,3)4)20(24)23(5)15-13-18-8-6-7-14-22-18/h6-12,14,16H,13,15H2,1-5H3. The fraction of sp³-hybridized carbons (Fsp3) is 0.429. The molecule has 1 unspecified atom stereocenters. The SMILES string of the molecule is CC(Oc1ccc(C(C)(C)C)cc1)C(=O)N(C)CCc1ccccn1.